The number of hydrogen-bond donors (Lipinski definition) is 3. The topological polar surface area (TPSA) is 89.3 Å². The first-order valence-corrected chi connectivity index (χ1v) is 8.57. The van der Waals surface area contributed by atoms with Gasteiger partial charge in [-0.3, -0.25) is 5.32 Å². The average molecular weight is 350 g/mol. The molecule has 26 heavy (non-hydrogen) atoms. The molecule has 0 spiro atoms. The maximum atomic E-state index is 11.6. The van der Waals surface area contributed by atoms with E-state index in [1.165, 1.54) is 10.8 Å². The Morgan fingerprint density at radius 3 is 2.69 bits per heavy atom. The van der Waals surface area contributed by atoms with Gasteiger partial charge in [-0.1, -0.05) is 43.3 Å². The van der Waals surface area contributed by atoms with Gasteiger partial charge in [0.05, 0.1) is 12.3 Å². The van der Waals surface area contributed by atoms with E-state index in [0.29, 0.717) is 24.7 Å². The SMILES string of the molecule is CCCOC(=O)Nc1ccc(NCc2ccc3ccccc3c2)nc1N. The van der Waals surface area contributed by atoms with Gasteiger partial charge in [-0.2, -0.15) is 0 Å². The molecule has 0 unspecified atom stereocenters. The van der Waals surface area contributed by atoms with Gasteiger partial charge < -0.3 is 15.8 Å². The summed E-state index contributed by atoms with van der Waals surface area (Å²) in [6.07, 6.45) is 0.232. The number of nitrogen functional groups attached to an aromatic ring is 1. The number of amides is 1. The molecule has 0 aliphatic rings. The van der Waals surface area contributed by atoms with Gasteiger partial charge in [0.15, 0.2) is 0 Å². The Labute approximate surface area is 152 Å². The first kappa shape index (κ1) is 17.5. The lowest BCUT2D eigenvalue weighted by atomic mass is 10.1. The van der Waals surface area contributed by atoms with Gasteiger partial charge in [0.2, 0.25) is 0 Å². The average Bonchev–Trinajstić information content (AvgIpc) is 2.66. The molecular weight excluding hydrogens is 328 g/mol. The van der Waals surface area contributed by atoms with Crippen LogP contribution in [0.1, 0.15) is 18.9 Å². The number of nitrogens with two attached hydrogens (primary N) is 1. The molecule has 0 fully saturated rings. The molecule has 1 heterocycles. The van der Waals surface area contributed by atoms with E-state index in [1.807, 2.05) is 19.1 Å². The van der Waals surface area contributed by atoms with Crippen molar-refractivity contribution < 1.29 is 9.53 Å². The summed E-state index contributed by atoms with van der Waals surface area (Å²) < 4.78 is 4.97. The summed E-state index contributed by atoms with van der Waals surface area (Å²) in [6.45, 7) is 2.92. The number of ether oxygens (including phenoxy) is 1. The zero-order chi connectivity index (χ0) is 18.4. The van der Waals surface area contributed by atoms with Crippen LogP contribution < -0.4 is 16.4 Å². The molecule has 0 saturated heterocycles. The van der Waals surface area contributed by atoms with Crippen LogP contribution >= 0.6 is 0 Å². The number of carbonyl (C=O) groups is 1. The second kappa shape index (κ2) is 8.20. The first-order valence-electron chi connectivity index (χ1n) is 8.57. The van der Waals surface area contributed by atoms with Gasteiger partial charge in [-0.05, 0) is 41.0 Å². The molecule has 0 saturated carbocycles. The largest absolute Gasteiger partial charge is 0.449 e. The summed E-state index contributed by atoms with van der Waals surface area (Å²) >= 11 is 0. The van der Waals surface area contributed by atoms with Crippen molar-refractivity contribution in [3.63, 3.8) is 0 Å². The van der Waals surface area contributed by atoms with E-state index in [-0.39, 0.29) is 5.82 Å². The highest BCUT2D eigenvalue weighted by atomic mass is 16.5. The van der Waals surface area contributed by atoms with Crippen LogP contribution in [0.5, 0.6) is 0 Å². The summed E-state index contributed by atoms with van der Waals surface area (Å²) in [5.41, 5.74) is 7.50. The van der Waals surface area contributed by atoms with E-state index < -0.39 is 6.09 Å². The molecule has 1 amide bonds. The van der Waals surface area contributed by atoms with Crippen molar-refractivity contribution in [1.82, 2.24) is 4.98 Å². The molecule has 0 aliphatic carbocycles. The lowest BCUT2D eigenvalue weighted by Crippen LogP contribution is -2.16. The van der Waals surface area contributed by atoms with Crippen LogP contribution in [-0.4, -0.2) is 17.7 Å². The number of benzene rings is 2. The van der Waals surface area contributed by atoms with Gasteiger partial charge in [0.25, 0.3) is 0 Å². The highest BCUT2D eigenvalue weighted by Crippen LogP contribution is 2.20. The lowest BCUT2D eigenvalue weighted by molar-refractivity contribution is 0.161. The number of pyridine rings is 1. The predicted molar refractivity (Wildman–Crippen MR) is 105 cm³/mol. The summed E-state index contributed by atoms with van der Waals surface area (Å²) in [7, 11) is 0. The molecule has 4 N–H and O–H groups in total. The van der Waals surface area contributed by atoms with Gasteiger partial charge in [-0.25, -0.2) is 9.78 Å². The molecule has 0 aliphatic heterocycles. The van der Waals surface area contributed by atoms with Gasteiger partial charge >= 0.3 is 6.09 Å². The molecule has 3 rings (SSSR count). The first-order chi connectivity index (χ1) is 12.7. The van der Waals surface area contributed by atoms with Gasteiger partial charge in [0.1, 0.15) is 11.6 Å². The highest BCUT2D eigenvalue weighted by Gasteiger charge is 2.08. The number of fused-ring (bicyclic) bond motifs is 1. The number of aromatic nitrogens is 1. The number of anilines is 3. The van der Waals surface area contributed by atoms with Gasteiger partial charge in [0, 0.05) is 6.54 Å². The summed E-state index contributed by atoms with van der Waals surface area (Å²) in [6, 6.07) is 18.0. The number of nitrogens with one attached hydrogen (secondary N) is 2. The van der Waals surface area contributed by atoms with Crippen LogP contribution in [-0.2, 0) is 11.3 Å². The monoisotopic (exact) mass is 350 g/mol. The molecule has 1 aromatic heterocycles. The van der Waals surface area contributed by atoms with Crippen molar-refractivity contribution in [2.45, 2.75) is 19.9 Å². The molecule has 6 heteroatoms. The summed E-state index contributed by atoms with van der Waals surface area (Å²) in [4.78, 5) is 15.9. The smallest absolute Gasteiger partial charge is 0.411 e. The fraction of sp³-hybridized carbons (Fsp3) is 0.200. The third-order valence-electron chi connectivity index (χ3n) is 3.89. The fourth-order valence-corrected chi connectivity index (χ4v) is 2.56. The predicted octanol–water partition coefficient (Wildman–Crippen LogP) is 4.39. The third-order valence-corrected chi connectivity index (χ3v) is 3.89. The Morgan fingerprint density at radius 2 is 1.92 bits per heavy atom. The summed E-state index contributed by atoms with van der Waals surface area (Å²) in [5.74, 6) is 0.880. The third kappa shape index (κ3) is 4.42. The Morgan fingerprint density at radius 1 is 1.12 bits per heavy atom. The molecule has 2 aromatic carbocycles. The second-order valence-corrected chi connectivity index (χ2v) is 5.93. The number of carbonyl (C=O) groups excluding carboxylic acids is 1. The van der Waals surface area contributed by atoms with Gasteiger partial charge in [-0.15, -0.1) is 0 Å². The molecule has 0 radical (unpaired) electrons. The van der Waals surface area contributed by atoms with Crippen molar-refractivity contribution in [2.24, 2.45) is 0 Å². The lowest BCUT2D eigenvalue weighted by Gasteiger charge is -2.11. The van der Waals surface area contributed by atoms with E-state index in [4.69, 9.17) is 10.5 Å². The van der Waals surface area contributed by atoms with Crippen LogP contribution in [0.2, 0.25) is 0 Å². The van der Waals surface area contributed by atoms with E-state index in [9.17, 15) is 4.79 Å². The van der Waals surface area contributed by atoms with Crippen LogP contribution in [0.25, 0.3) is 10.8 Å². The van der Waals surface area contributed by atoms with Crippen molar-refractivity contribution >= 4 is 34.2 Å². The van der Waals surface area contributed by atoms with E-state index in [0.717, 1.165) is 12.0 Å². The Balaban J connectivity index is 1.62. The van der Waals surface area contributed by atoms with Crippen molar-refractivity contribution in [3.8, 4) is 0 Å². The number of rotatable bonds is 6. The van der Waals surface area contributed by atoms with E-state index in [2.05, 4.69) is 45.9 Å². The van der Waals surface area contributed by atoms with Crippen molar-refractivity contribution in [3.05, 3.63) is 60.2 Å². The maximum absolute atomic E-state index is 11.6. The Kier molecular flexibility index (Phi) is 5.53. The molecule has 134 valence electrons. The molecule has 0 bridgehead atoms. The number of nitrogens with zero attached hydrogens (tertiary/aromatic N) is 1. The van der Waals surface area contributed by atoms with Crippen LogP contribution in [0, 0.1) is 0 Å². The molecule has 3 aromatic rings. The normalized spacial score (nSPS) is 10.5. The minimum Gasteiger partial charge on any atom is -0.449 e. The van der Waals surface area contributed by atoms with Crippen molar-refractivity contribution in [1.29, 1.82) is 0 Å². The van der Waals surface area contributed by atoms with Crippen LogP contribution in [0.15, 0.2) is 54.6 Å². The highest BCUT2D eigenvalue weighted by molar-refractivity contribution is 5.88. The Hall–Kier alpha value is -3.28. The van der Waals surface area contributed by atoms with Crippen LogP contribution in [0.3, 0.4) is 0 Å². The molecular formula is C20H22N4O2. The summed E-state index contributed by atoms with van der Waals surface area (Å²) in [5, 5.41) is 8.25. The zero-order valence-corrected chi connectivity index (χ0v) is 14.7. The fourth-order valence-electron chi connectivity index (χ4n) is 2.56. The zero-order valence-electron chi connectivity index (χ0n) is 14.7. The minimum atomic E-state index is -0.530. The molecule has 0 atom stereocenters. The minimum absolute atomic E-state index is 0.238. The standard InChI is InChI=1S/C20H22N4O2/c1-2-11-26-20(25)23-17-9-10-18(24-19(17)21)22-13-14-7-8-15-5-3-4-6-16(15)12-14/h3-10,12H,2,11,13H2,1H3,(H,23,25)(H3,21,22,24). The second-order valence-electron chi connectivity index (χ2n) is 5.93. The van der Waals surface area contributed by atoms with Crippen LogP contribution in [0.4, 0.5) is 22.1 Å². The quantitative estimate of drug-likeness (QED) is 0.613. The van der Waals surface area contributed by atoms with E-state index >= 15 is 0 Å². The Bertz CT molecular complexity index is 911. The number of hydrogen-bond acceptors (Lipinski definition) is 5. The maximum Gasteiger partial charge on any atom is 0.411 e. The van der Waals surface area contributed by atoms with E-state index in [1.54, 1.807) is 12.1 Å². The van der Waals surface area contributed by atoms with Crippen molar-refractivity contribution in [2.75, 3.05) is 23.0 Å². The molecule has 6 nitrogen and oxygen atoms in total.